The maximum atomic E-state index is 11.3. The van der Waals surface area contributed by atoms with E-state index in [1.54, 1.807) is 37.7 Å². The molecule has 0 atom stereocenters. The van der Waals surface area contributed by atoms with Gasteiger partial charge in [-0.1, -0.05) is 0 Å². The number of rotatable bonds is 6. The largest absolute Gasteiger partial charge is 0.493 e. The number of hydrogen-bond acceptors (Lipinski definition) is 4. The molecule has 0 aliphatic heterocycles. The lowest BCUT2D eigenvalue weighted by molar-refractivity contribution is 0.101. The summed E-state index contributed by atoms with van der Waals surface area (Å²) < 4.78 is 11.0. The molecule has 0 amide bonds. The van der Waals surface area contributed by atoms with Gasteiger partial charge < -0.3 is 9.47 Å². The Morgan fingerprint density at radius 3 is 2.55 bits per heavy atom. The topological polar surface area (TPSA) is 48.4 Å². The zero-order valence-electron chi connectivity index (χ0n) is 11.6. The fraction of sp³-hybridized carbons (Fsp3) is 0.250. The van der Waals surface area contributed by atoms with E-state index in [0.717, 1.165) is 6.42 Å². The standard InChI is InChI=1S/C16H17NO3/c1-12(18)14-3-4-15(16(11-14)19-2)20-10-7-13-5-8-17-9-6-13/h3-6,8-9,11H,7,10H2,1-2H3. The van der Waals surface area contributed by atoms with Crippen LogP contribution in [0, 0.1) is 0 Å². The normalized spacial score (nSPS) is 10.1. The van der Waals surface area contributed by atoms with E-state index in [-0.39, 0.29) is 5.78 Å². The van der Waals surface area contributed by atoms with Gasteiger partial charge in [0.2, 0.25) is 0 Å². The number of ketones is 1. The number of hydrogen-bond donors (Lipinski definition) is 0. The number of aromatic nitrogens is 1. The van der Waals surface area contributed by atoms with Crippen molar-refractivity contribution in [3.63, 3.8) is 0 Å². The number of benzene rings is 1. The predicted molar refractivity (Wildman–Crippen MR) is 76.4 cm³/mol. The van der Waals surface area contributed by atoms with Crippen LogP contribution in [0.5, 0.6) is 11.5 Å². The Hall–Kier alpha value is -2.36. The first-order chi connectivity index (χ1) is 9.70. The van der Waals surface area contributed by atoms with E-state index in [1.165, 1.54) is 12.5 Å². The molecule has 20 heavy (non-hydrogen) atoms. The van der Waals surface area contributed by atoms with Crippen molar-refractivity contribution in [2.24, 2.45) is 0 Å². The Kier molecular flexibility index (Phi) is 4.71. The average molecular weight is 271 g/mol. The monoisotopic (exact) mass is 271 g/mol. The third-order valence-electron chi connectivity index (χ3n) is 2.97. The van der Waals surface area contributed by atoms with Crippen LogP contribution in [-0.2, 0) is 6.42 Å². The third-order valence-corrected chi connectivity index (χ3v) is 2.97. The van der Waals surface area contributed by atoms with Crippen molar-refractivity contribution in [1.82, 2.24) is 4.98 Å². The Morgan fingerprint density at radius 2 is 1.90 bits per heavy atom. The summed E-state index contributed by atoms with van der Waals surface area (Å²) in [5, 5.41) is 0. The van der Waals surface area contributed by atoms with Crippen molar-refractivity contribution < 1.29 is 14.3 Å². The number of Topliss-reactive ketones (excluding diaryl/α,β-unsaturated/α-hetero) is 1. The summed E-state index contributed by atoms with van der Waals surface area (Å²) in [5.74, 6) is 1.23. The molecule has 0 spiro atoms. The minimum absolute atomic E-state index is 0.00614. The van der Waals surface area contributed by atoms with Gasteiger partial charge in [-0.05, 0) is 42.8 Å². The highest BCUT2D eigenvalue weighted by molar-refractivity contribution is 5.94. The van der Waals surface area contributed by atoms with Crippen LogP contribution in [0.15, 0.2) is 42.7 Å². The summed E-state index contributed by atoms with van der Waals surface area (Å²) in [6, 6.07) is 9.12. The number of nitrogens with zero attached hydrogens (tertiary/aromatic N) is 1. The second-order valence-electron chi connectivity index (χ2n) is 4.38. The molecule has 0 aliphatic rings. The SMILES string of the molecule is COc1cc(C(C)=O)ccc1OCCc1ccncc1. The molecule has 0 N–H and O–H groups in total. The van der Waals surface area contributed by atoms with Gasteiger partial charge in [0.15, 0.2) is 17.3 Å². The summed E-state index contributed by atoms with van der Waals surface area (Å²) in [5.41, 5.74) is 1.78. The number of pyridine rings is 1. The molecule has 2 rings (SSSR count). The molecule has 104 valence electrons. The Morgan fingerprint density at radius 1 is 1.15 bits per heavy atom. The lowest BCUT2D eigenvalue weighted by Crippen LogP contribution is -2.03. The van der Waals surface area contributed by atoms with Crippen LogP contribution in [-0.4, -0.2) is 24.5 Å². The fourth-order valence-corrected chi connectivity index (χ4v) is 1.83. The van der Waals surface area contributed by atoms with E-state index in [9.17, 15) is 4.79 Å². The van der Waals surface area contributed by atoms with Crippen molar-refractivity contribution in [1.29, 1.82) is 0 Å². The molecule has 0 fully saturated rings. The minimum Gasteiger partial charge on any atom is -0.493 e. The molecule has 0 saturated carbocycles. The van der Waals surface area contributed by atoms with Crippen molar-refractivity contribution in [2.45, 2.75) is 13.3 Å². The van der Waals surface area contributed by atoms with E-state index in [0.29, 0.717) is 23.7 Å². The van der Waals surface area contributed by atoms with Crippen LogP contribution in [0.4, 0.5) is 0 Å². The second-order valence-corrected chi connectivity index (χ2v) is 4.38. The van der Waals surface area contributed by atoms with Gasteiger partial charge in [-0.25, -0.2) is 0 Å². The first kappa shape index (κ1) is 14.1. The van der Waals surface area contributed by atoms with Gasteiger partial charge >= 0.3 is 0 Å². The molecular weight excluding hydrogens is 254 g/mol. The molecule has 1 heterocycles. The van der Waals surface area contributed by atoms with Crippen molar-refractivity contribution in [2.75, 3.05) is 13.7 Å². The number of ether oxygens (including phenoxy) is 2. The van der Waals surface area contributed by atoms with E-state index in [4.69, 9.17) is 9.47 Å². The molecule has 0 aliphatic carbocycles. The second kappa shape index (κ2) is 6.70. The van der Waals surface area contributed by atoms with Crippen LogP contribution in [0.1, 0.15) is 22.8 Å². The minimum atomic E-state index is 0.00614. The highest BCUT2D eigenvalue weighted by atomic mass is 16.5. The number of carbonyl (C=O) groups is 1. The van der Waals surface area contributed by atoms with Gasteiger partial charge in [0.25, 0.3) is 0 Å². The summed E-state index contributed by atoms with van der Waals surface area (Å²) in [6.07, 6.45) is 4.31. The Balaban J connectivity index is 2.00. The Bertz CT molecular complexity index is 582. The quantitative estimate of drug-likeness (QED) is 0.758. The van der Waals surface area contributed by atoms with E-state index in [1.807, 2.05) is 12.1 Å². The molecule has 0 saturated heterocycles. The average Bonchev–Trinajstić information content (AvgIpc) is 2.48. The first-order valence-corrected chi connectivity index (χ1v) is 6.41. The molecule has 4 nitrogen and oxygen atoms in total. The first-order valence-electron chi connectivity index (χ1n) is 6.41. The summed E-state index contributed by atoms with van der Waals surface area (Å²) >= 11 is 0. The van der Waals surface area contributed by atoms with Crippen molar-refractivity contribution in [3.8, 4) is 11.5 Å². The molecular formula is C16H17NO3. The van der Waals surface area contributed by atoms with E-state index >= 15 is 0 Å². The summed E-state index contributed by atoms with van der Waals surface area (Å²) in [4.78, 5) is 15.3. The number of methoxy groups -OCH3 is 1. The third kappa shape index (κ3) is 3.57. The van der Waals surface area contributed by atoms with Crippen molar-refractivity contribution in [3.05, 3.63) is 53.9 Å². The van der Waals surface area contributed by atoms with Gasteiger partial charge in [0.05, 0.1) is 13.7 Å². The van der Waals surface area contributed by atoms with Gasteiger partial charge in [0, 0.05) is 24.4 Å². The molecule has 0 bridgehead atoms. The molecule has 4 heteroatoms. The van der Waals surface area contributed by atoms with Crippen LogP contribution >= 0.6 is 0 Å². The number of carbonyl (C=O) groups excluding carboxylic acids is 1. The van der Waals surface area contributed by atoms with Gasteiger partial charge in [0.1, 0.15) is 0 Å². The zero-order valence-corrected chi connectivity index (χ0v) is 11.6. The zero-order chi connectivity index (χ0) is 14.4. The predicted octanol–water partition coefficient (Wildman–Crippen LogP) is 2.91. The lowest BCUT2D eigenvalue weighted by Gasteiger charge is -2.11. The smallest absolute Gasteiger partial charge is 0.161 e. The molecule has 2 aromatic rings. The summed E-state index contributed by atoms with van der Waals surface area (Å²) in [6.45, 7) is 2.07. The maximum absolute atomic E-state index is 11.3. The molecule has 0 unspecified atom stereocenters. The highest BCUT2D eigenvalue weighted by Gasteiger charge is 2.08. The maximum Gasteiger partial charge on any atom is 0.161 e. The van der Waals surface area contributed by atoms with Crippen LogP contribution in [0.3, 0.4) is 0 Å². The Labute approximate surface area is 118 Å². The van der Waals surface area contributed by atoms with Crippen LogP contribution < -0.4 is 9.47 Å². The van der Waals surface area contributed by atoms with Crippen LogP contribution in [0.25, 0.3) is 0 Å². The van der Waals surface area contributed by atoms with Crippen LogP contribution in [0.2, 0.25) is 0 Å². The van der Waals surface area contributed by atoms with Gasteiger partial charge in [-0.3, -0.25) is 9.78 Å². The van der Waals surface area contributed by atoms with Gasteiger partial charge in [-0.15, -0.1) is 0 Å². The summed E-state index contributed by atoms with van der Waals surface area (Å²) in [7, 11) is 1.56. The van der Waals surface area contributed by atoms with E-state index < -0.39 is 0 Å². The van der Waals surface area contributed by atoms with E-state index in [2.05, 4.69) is 4.98 Å². The van der Waals surface area contributed by atoms with Crippen molar-refractivity contribution >= 4 is 5.78 Å². The molecule has 0 radical (unpaired) electrons. The highest BCUT2D eigenvalue weighted by Crippen LogP contribution is 2.28. The molecule has 1 aromatic heterocycles. The lowest BCUT2D eigenvalue weighted by atomic mass is 10.1. The molecule has 1 aromatic carbocycles. The fourth-order valence-electron chi connectivity index (χ4n) is 1.83. The van der Waals surface area contributed by atoms with Gasteiger partial charge in [-0.2, -0.15) is 0 Å².